The molecule has 0 amide bonds. The minimum atomic E-state index is 0.523. The Morgan fingerprint density at radius 2 is 2.31 bits per heavy atom. The Hall–Kier alpha value is -2.08. The Morgan fingerprint density at radius 1 is 1.44 bits per heavy atom. The van der Waals surface area contributed by atoms with E-state index in [1.54, 1.807) is 6.20 Å². The molecule has 0 aliphatic heterocycles. The Bertz CT molecular complexity index is 520. The van der Waals surface area contributed by atoms with Gasteiger partial charge in [-0.15, -0.1) is 0 Å². The predicted octanol–water partition coefficient (Wildman–Crippen LogP) is 2.84. The summed E-state index contributed by atoms with van der Waals surface area (Å²) in [6, 6.07) is 10.3. The molecule has 16 heavy (non-hydrogen) atoms. The van der Waals surface area contributed by atoms with Crippen LogP contribution in [0.4, 0.5) is 0 Å². The Kier molecular flexibility index (Phi) is 3.02. The number of hydrogen-bond donors (Lipinski definition) is 1. The molecule has 0 radical (unpaired) electrons. The van der Waals surface area contributed by atoms with Crippen molar-refractivity contribution in [2.75, 3.05) is 0 Å². The third-order valence-electron chi connectivity index (χ3n) is 2.43. The van der Waals surface area contributed by atoms with Crippen molar-refractivity contribution in [2.24, 2.45) is 0 Å². The van der Waals surface area contributed by atoms with Gasteiger partial charge in [-0.3, -0.25) is 0 Å². The van der Waals surface area contributed by atoms with Crippen LogP contribution in [0.25, 0.3) is 11.4 Å². The number of H-pyrrole nitrogens is 1. The van der Waals surface area contributed by atoms with Crippen LogP contribution in [0.5, 0.6) is 0 Å². The van der Waals surface area contributed by atoms with Crippen LogP contribution >= 0.6 is 0 Å². The first-order valence-corrected chi connectivity index (χ1v) is 5.27. The van der Waals surface area contributed by atoms with Gasteiger partial charge in [-0.25, -0.2) is 4.98 Å². The van der Waals surface area contributed by atoms with E-state index in [-0.39, 0.29) is 0 Å². The van der Waals surface area contributed by atoms with Crippen LogP contribution in [0, 0.1) is 18.3 Å². The monoisotopic (exact) mass is 211 g/mol. The maximum Gasteiger partial charge on any atom is 0.137 e. The molecule has 0 aliphatic carbocycles. The Balaban J connectivity index is 2.22. The summed E-state index contributed by atoms with van der Waals surface area (Å²) >= 11 is 0. The summed E-state index contributed by atoms with van der Waals surface area (Å²) in [7, 11) is 0. The fourth-order valence-electron chi connectivity index (χ4n) is 1.62. The molecule has 3 heteroatoms. The molecular weight excluding hydrogens is 198 g/mol. The van der Waals surface area contributed by atoms with Gasteiger partial charge >= 0.3 is 0 Å². The van der Waals surface area contributed by atoms with Crippen LogP contribution in [0.3, 0.4) is 0 Å². The molecule has 1 N–H and O–H groups in total. The number of aryl methyl sites for hydroxylation is 2. The normalized spacial score (nSPS) is 10.0. The molecule has 0 aliphatic rings. The summed E-state index contributed by atoms with van der Waals surface area (Å²) in [4.78, 5) is 7.54. The maximum atomic E-state index is 8.50. The summed E-state index contributed by atoms with van der Waals surface area (Å²) in [5, 5.41) is 8.50. The highest BCUT2D eigenvalue weighted by atomic mass is 14.9. The van der Waals surface area contributed by atoms with Gasteiger partial charge in [-0.2, -0.15) is 5.26 Å². The third kappa shape index (κ3) is 2.29. The first kappa shape index (κ1) is 10.4. The largest absolute Gasteiger partial charge is 0.342 e. The molecule has 0 fully saturated rings. The van der Waals surface area contributed by atoms with Gasteiger partial charge in [0.1, 0.15) is 5.82 Å². The van der Waals surface area contributed by atoms with Crippen molar-refractivity contribution >= 4 is 0 Å². The summed E-state index contributed by atoms with van der Waals surface area (Å²) in [5.41, 5.74) is 3.31. The summed E-state index contributed by atoms with van der Waals surface area (Å²) in [5.74, 6) is 0.872. The van der Waals surface area contributed by atoms with Crippen molar-refractivity contribution in [3.05, 3.63) is 41.7 Å². The van der Waals surface area contributed by atoms with Crippen LogP contribution in [0.2, 0.25) is 0 Å². The SMILES string of the molecule is Cc1cccc(-c2ncc(CCC#N)[nH]2)c1. The smallest absolute Gasteiger partial charge is 0.137 e. The number of nitrogens with one attached hydrogen (secondary N) is 1. The van der Waals surface area contributed by atoms with Crippen LogP contribution in [-0.2, 0) is 6.42 Å². The lowest BCUT2D eigenvalue weighted by atomic mass is 10.1. The molecule has 0 saturated heterocycles. The van der Waals surface area contributed by atoms with E-state index in [2.05, 4.69) is 35.1 Å². The quantitative estimate of drug-likeness (QED) is 0.848. The van der Waals surface area contributed by atoms with E-state index in [9.17, 15) is 0 Å². The van der Waals surface area contributed by atoms with E-state index in [0.29, 0.717) is 6.42 Å². The second kappa shape index (κ2) is 4.63. The van der Waals surface area contributed by atoms with Gasteiger partial charge in [0.2, 0.25) is 0 Å². The van der Waals surface area contributed by atoms with E-state index in [0.717, 1.165) is 23.5 Å². The van der Waals surface area contributed by atoms with Crippen molar-refractivity contribution in [1.82, 2.24) is 9.97 Å². The van der Waals surface area contributed by atoms with Crippen LogP contribution in [0.1, 0.15) is 17.7 Å². The van der Waals surface area contributed by atoms with Crippen LogP contribution in [-0.4, -0.2) is 9.97 Å². The highest BCUT2D eigenvalue weighted by Crippen LogP contribution is 2.17. The van der Waals surface area contributed by atoms with E-state index >= 15 is 0 Å². The van der Waals surface area contributed by atoms with Crippen molar-refractivity contribution in [3.63, 3.8) is 0 Å². The van der Waals surface area contributed by atoms with Gasteiger partial charge < -0.3 is 4.98 Å². The average molecular weight is 211 g/mol. The minimum absolute atomic E-state index is 0.523. The molecule has 0 unspecified atom stereocenters. The van der Waals surface area contributed by atoms with Gasteiger partial charge in [0, 0.05) is 30.3 Å². The molecule has 1 aromatic heterocycles. The summed E-state index contributed by atoms with van der Waals surface area (Å²) in [6.45, 7) is 2.06. The number of benzene rings is 1. The Labute approximate surface area is 94.8 Å². The first-order valence-electron chi connectivity index (χ1n) is 5.27. The molecule has 1 heterocycles. The number of imidazole rings is 1. The van der Waals surface area contributed by atoms with Crippen molar-refractivity contribution in [1.29, 1.82) is 5.26 Å². The number of nitriles is 1. The Morgan fingerprint density at radius 3 is 3.06 bits per heavy atom. The number of nitrogens with zero attached hydrogens (tertiary/aromatic N) is 2. The molecule has 0 saturated carbocycles. The first-order chi connectivity index (χ1) is 7.79. The molecule has 1 aromatic carbocycles. The maximum absolute atomic E-state index is 8.50. The highest BCUT2D eigenvalue weighted by Gasteiger charge is 2.03. The third-order valence-corrected chi connectivity index (χ3v) is 2.43. The molecule has 3 nitrogen and oxygen atoms in total. The van der Waals surface area contributed by atoms with Gasteiger partial charge in [-0.1, -0.05) is 23.8 Å². The zero-order valence-electron chi connectivity index (χ0n) is 9.20. The molecule has 0 atom stereocenters. The van der Waals surface area contributed by atoms with Crippen LogP contribution < -0.4 is 0 Å². The lowest BCUT2D eigenvalue weighted by Gasteiger charge is -1.98. The average Bonchev–Trinajstić information content (AvgIpc) is 2.75. The van der Waals surface area contributed by atoms with Gasteiger partial charge in [0.05, 0.1) is 6.07 Å². The zero-order chi connectivity index (χ0) is 11.4. The number of aromatic amines is 1. The molecule has 2 aromatic rings. The van der Waals surface area contributed by atoms with E-state index in [1.165, 1.54) is 5.56 Å². The van der Waals surface area contributed by atoms with Crippen LogP contribution in [0.15, 0.2) is 30.5 Å². The van der Waals surface area contributed by atoms with E-state index in [4.69, 9.17) is 5.26 Å². The summed E-state index contributed by atoms with van der Waals surface area (Å²) < 4.78 is 0. The van der Waals surface area contributed by atoms with Crippen molar-refractivity contribution < 1.29 is 0 Å². The highest BCUT2D eigenvalue weighted by molar-refractivity contribution is 5.56. The minimum Gasteiger partial charge on any atom is -0.342 e. The molecule has 2 rings (SSSR count). The predicted molar refractivity (Wildman–Crippen MR) is 62.7 cm³/mol. The number of hydrogen-bond acceptors (Lipinski definition) is 2. The number of aromatic nitrogens is 2. The molecular formula is C13H13N3. The van der Waals surface area contributed by atoms with Gasteiger partial charge in [0.15, 0.2) is 0 Å². The standard InChI is InChI=1S/C13H13N3/c1-10-4-2-5-11(8-10)13-15-9-12(16-13)6-3-7-14/h2,4-5,8-9H,3,6H2,1H3,(H,15,16). The molecule has 0 spiro atoms. The van der Waals surface area contributed by atoms with Gasteiger partial charge in [-0.05, 0) is 13.0 Å². The van der Waals surface area contributed by atoms with Crippen molar-refractivity contribution in [2.45, 2.75) is 19.8 Å². The fraction of sp³-hybridized carbons (Fsp3) is 0.231. The van der Waals surface area contributed by atoms with Gasteiger partial charge in [0.25, 0.3) is 0 Å². The van der Waals surface area contributed by atoms with E-state index in [1.807, 2.05) is 12.1 Å². The lowest BCUT2D eigenvalue weighted by Crippen LogP contribution is -1.84. The summed E-state index contributed by atoms with van der Waals surface area (Å²) in [6.07, 6.45) is 3.06. The molecule has 80 valence electrons. The van der Waals surface area contributed by atoms with Crippen molar-refractivity contribution in [3.8, 4) is 17.5 Å². The zero-order valence-corrected chi connectivity index (χ0v) is 9.20. The second-order valence-corrected chi connectivity index (χ2v) is 3.78. The second-order valence-electron chi connectivity index (χ2n) is 3.78. The fourth-order valence-corrected chi connectivity index (χ4v) is 1.62. The lowest BCUT2D eigenvalue weighted by molar-refractivity contribution is 0.968. The van der Waals surface area contributed by atoms with E-state index < -0.39 is 0 Å². The molecule has 0 bridgehead atoms. The number of rotatable bonds is 3. The topological polar surface area (TPSA) is 52.5 Å².